The molecule has 5 heteroatoms. The number of hydrogen-bond donors (Lipinski definition) is 1. The highest BCUT2D eigenvalue weighted by Crippen LogP contribution is 2.48. The minimum absolute atomic E-state index is 0.203. The Morgan fingerprint density at radius 1 is 1.09 bits per heavy atom. The Balaban J connectivity index is 1.76. The van der Waals surface area contributed by atoms with Crippen molar-refractivity contribution in [3.8, 4) is 0 Å². The number of rotatable bonds is 0. The molecule has 0 bridgehead atoms. The van der Waals surface area contributed by atoms with Gasteiger partial charge in [0.2, 0.25) is 11.6 Å². The summed E-state index contributed by atoms with van der Waals surface area (Å²) in [6, 6.07) is 7.75. The number of carbonyl (C=O) groups excluding carboxylic acids is 2. The minimum atomic E-state index is -0.417. The van der Waals surface area contributed by atoms with Crippen LogP contribution in [0.15, 0.2) is 29.2 Å². The Morgan fingerprint density at radius 2 is 1.77 bits per heavy atom. The second-order valence-corrected chi connectivity index (χ2v) is 7.36. The van der Waals surface area contributed by atoms with Gasteiger partial charge in [-0.3, -0.25) is 9.59 Å². The van der Waals surface area contributed by atoms with Crippen molar-refractivity contribution in [2.75, 3.05) is 5.75 Å². The third-order valence-corrected chi connectivity index (χ3v) is 6.18. The van der Waals surface area contributed by atoms with Crippen molar-refractivity contribution in [2.45, 2.75) is 37.3 Å². The van der Waals surface area contributed by atoms with E-state index in [0.717, 1.165) is 37.0 Å². The first-order valence-electron chi connectivity index (χ1n) is 7.67. The third-order valence-electron chi connectivity index (χ3n) is 4.85. The lowest BCUT2D eigenvalue weighted by Gasteiger charge is -2.43. The molecule has 0 saturated heterocycles. The van der Waals surface area contributed by atoms with Crippen molar-refractivity contribution in [3.63, 3.8) is 0 Å². The van der Waals surface area contributed by atoms with E-state index in [1.807, 2.05) is 12.1 Å². The van der Waals surface area contributed by atoms with E-state index >= 15 is 0 Å². The van der Waals surface area contributed by atoms with Gasteiger partial charge in [0, 0.05) is 29.7 Å². The second-order valence-electron chi connectivity index (χ2n) is 6.38. The van der Waals surface area contributed by atoms with Crippen molar-refractivity contribution in [1.29, 1.82) is 0 Å². The van der Waals surface area contributed by atoms with Gasteiger partial charge in [-0.25, -0.2) is 0 Å². The Hall–Kier alpha value is -1.59. The molecule has 0 aromatic heterocycles. The number of carbonyl (C=O) groups is 2. The molecule has 22 heavy (non-hydrogen) atoms. The molecule has 1 aliphatic heterocycles. The van der Waals surface area contributed by atoms with Crippen LogP contribution in [0, 0.1) is 0 Å². The van der Waals surface area contributed by atoms with E-state index in [0.29, 0.717) is 22.3 Å². The zero-order valence-corrected chi connectivity index (χ0v) is 13.1. The molecule has 0 amide bonds. The lowest BCUT2D eigenvalue weighted by Crippen LogP contribution is -2.63. The van der Waals surface area contributed by atoms with Gasteiger partial charge in [0.15, 0.2) is 0 Å². The zero-order chi connectivity index (χ0) is 15.3. The molecule has 0 atom stereocenters. The van der Waals surface area contributed by atoms with Gasteiger partial charge >= 0.3 is 0 Å². The molecular formula is C17H18NO3S+. The molecule has 3 aliphatic rings. The van der Waals surface area contributed by atoms with Crippen LogP contribution < -0.4 is 5.73 Å². The lowest BCUT2D eigenvalue weighted by molar-refractivity contribution is -0.428. The highest BCUT2D eigenvalue weighted by atomic mass is 32.2. The van der Waals surface area contributed by atoms with Crippen LogP contribution in [0.4, 0.5) is 0 Å². The predicted molar refractivity (Wildman–Crippen MR) is 84.1 cm³/mol. The molecule has 2 aliphatic carbocycles. The first-order chi connectivity index (χ1) is 10.6. The van der Waals surface area contributed by atoms with Crippen molar-refractivity contribution in [2.24, 2.45) is 0 Å². The van der Waals surface area contributed by atoms with E-state index in [2.05, 4.69) is 5.73 Å². The van der Waals surface area contributed by atoms with Crippen LogP contribution in [0.3, 0.4) is 0 Å². The first kappa shape index (κ1) is 14.0. The molecule has 1 fully saturated rings. The quantitative estimate of drug-likeness (QED) is 0.741. The normalized spacial score (nSPS) is 30.9. The maximum atomic E-state index is 12.3. The fraction of sp³-hybridized carbons (Fsp3) is 0.412. The molecule has 4 rings (SSSR count). The summed E-state index contributed by atoms with van der Waals surface area (Å²) in [5, 5.41) is 0. The van der Waals surface area contributed by atoms with Gasteiger partial charge in [0.05, 0.1) is 6.04 Å². The smallest absolute Gasteiger partial charge is 0.243 e. The summed E-state index contributed by atoms with van der Waals surface area (Å²) in [7, 11) is 0. The number of hydrogen-bond acceptors (Lipinski definition) is 4. The second kappa shape index (κ2) is 4.96. The van der Waals surface area contributed by atoms with Crippen molar-refractivity contribution in [3.05, 3.63) is 40.3 Å². The number of quaternary nitrogens is 1. The van der Waals surface area contributed by atoms with Gasteiger partial charge in [-0.1, -0.05) is 24.3 Å². The molecule has 1 spiro atoms. The predicted octanol–water partition coefficient (Wildman–Crippen LogP) is 1.81. The van der Waals surface area contributed by atoms with E-state index in [1.165, 1.54) is 11.8 Å². The third kappa shape index (κ3) is 2.03. The first-order valence-corrected chi connectivity index (χ1v) is 8.66. The van der Waals surface area contributed by atoms with Gasteiger partial charge in [-0.05, 0) is 12.8 Å². The molecule has 0 unspecified atom stereocenters. The lowest BCUT2D eigenvalue weighted by atomic mass is 9.83. The maximum Gasteiger partial charge on any atom is 0.243 e. The Kier molecular flexibility index (Phi) is 3.16. The molecule has 1 saturated carbocycles. The van der Waals surface area contributed by atoms with E-state index < -0.39 is 11.6 Å². The van der Waals surface area contributed by atoms with E-state index in [4.69, 9.17) is 4.74 Å². The highest BCUT2D eigenvalue weighted by molar-refractivity contribution is 8.04. The molecule has 1 aromatic rings. The van der Waals surface area contributed by atoms with E-state index in [-0.39, 0.29) is 5.60 Å². The molecule has 3 N–H and O–H groups in total. The average molecular weight is 316 g/mol. The Bertz CT molecular complexity index is 702. The molecular weight excluding hydrogens is 298 g/mol. The summed E-state index contributed by atoms with van der Waals surface area (Å²) in [4.78, 5) is 25.0. The van der Waals surface area contributed by atoms with Crippen molar-refractivity contribution >= 4 is 29.1 Å². The van der Waals surface area contributed by atoms with Gasteiger partial charge in [-0.15, -0.1) is 11.8 Å². The van der Waals surface area contributed by atoms with Crippen LogP contribution in [0.2, 0.25) is 0 Å². The highest BCUT2D eigenvalue weighted by Gasteiger charge is 2.46. The van der Waals surface area contributed by atoms with Crippen LogP contribution in [0.1, 0.15) is 41.6 Å². The number of thioether (sulfide) groups is 1. The van der Waals surface area contributed by atoms with Crippen LogP contribution in [-0.4, -0.2) is 29.0 Å². The molecule has 4 nitrogen and oxygen atoms in total. The van der Waals surface area contributed by atoms with Gasteiger partial charge in [0.1, 0.15) is 16.3 Å². The number of benzene rings is 1. The fourth-order valence-corrected chi connectivity index (χ4v) is 4.72. The number of Topliss-reactive ketones (excluding diaryl/α,β-unsaturated/α-hetero) is 2. The standard InChI is InChI=1S/C17H17NO3S/c18-10-5-7-17(8-6-10)9-22-16-14(20)13(19)11-3-1-2-4-12(11)15(16)21-17/h1-4,10H,5-9,18H2/p+1. The summed E-state index contributed by atoms with van der Waals surface area (Å²) in [5.74, 6) is 0.543. The average Bonchev–Trinajstić information content (AvgIpc) is 2.56. The molecule has 1 aromatic carbocycles. The zero-order valence-electron chi connectivity index (χ0n) is 12.3. The van der Waals surface area contributed by atoms with Crippen LogP contribution in [0.5, 0.6) is 0 Å². The summed E-state index contributed by atoms with van der Waals surface area (Å²) in [5.41, 5.74) is 5.18. The topological polar surface area (TPSA) is 71.0 Å². The van der Waals surface area contributed by atoms with Crippen molar-refractivity contribution in [1.82, 2.24) is 0 Å². The molecule has 0 radical (unpaired) electrons. The number of ether oxygens (including phenoxy) is 1. The van der Waals surface area contributed by atoms with Crippen LogP contribution >= 0.6 is 11.8 Å². The summed E-state index contributed by atoms with van der Waals surface area (Å²) in [6.07, 6.45) is 4.04. The fourth-order valence-electron chi connectivity index (χ4n) is 3.46. The number of fused-ring (bicyclic) bond motifs is 2. The summed E-state index contributed by atoms with van der Waals surface area (Å²) in [6.45, 7) is 0. The van der Waals surface area contributed by atoms with E-state index in [9.17, 15) is 9.59 Å². The largest absolute Gasteiger partial charge is 0.484 e. The Labute approximate surface area is 133 Å². The van der Waals surface area contributed by atoms with Gasteiger partial charge in [-0.2, -0.15) is 0 Å². The van der Waals surface area contributed by atoms with Crippen LogP contribution in [0.25, 0.3) is 5.76 Å². The van der Waals surface area contributed by atoms with Crippen LogP contribution in [-0.2, 0) is 9.53 Å². The monoisotopic (exact) mass is 316 g/mol. The maximum absolute atomic E-state index is 12.3. The molecule has 114 valence electrons. The van der Waals surface area contributed by atoms with Gasteiger partial charge in [0.25, 0.3) is 0 Å². The molecule has 1 heterocycles. The van der Waals surface area contributed by atoms with Gasteiger partial charge < -0.3 is 10.5 Å². The number of ketones is 2. The Morgan fingerprint density at radius 3 is 2.50 bits per heavy atom. The SMILES string of the molecule is [NH3+]C1CCC2(CC1)CSC1=C(O2)c2ccccc2C(=O)C1=O. The minimum Gasteiger partial charge on any atom is -0.484 e. The van der Waals surface area contributed by atoms with Crippen molar-refractivity contribution < 1.29 is 20.1 Å². The summed E-state index contributed by atoms with van der Waals surface area (Å²) < 4.78 is 6.37. The summed E-state index contributed by atoms with van der Waals surface area (Å²) >= 11 is 1.49. The number of allylic oxidation sites excluding steroid dienone is 1. The van der Waals surface area contributed by atoms with E-state index in [1.54, 1.807) is 12.1 Å².